The van der Waals surface area contributed by atoms with E-state index in [-0.39, 0.29) is 56.5 Å². The molecule has 0 heterocycles. The first-order valence-corrected chi connectivity index (χ1v) is 2.86. The third kappa shape index (κ3) is 68.0. The van der Waals surface area contributed by atoms with Gasteiger partial charge in [-0.15, -0.1) is 0 Å². The van der Waals surface area contributed by atoms with Gasteiger partial charge in [-0.1, -0.05) is 11.6 Å². The summed E-state index contributed by atoms with van der Waals surface area (Å²) in [6, 6.07) is 0. The molecule has 0 rings (SSSR count). The summed E-state index contributed by atoms with van der Waals surface area (Å²) in [5, 5.41) is 22.6. The second-order valence-electron chi connectivity index (χ2n) is 1.24. The molecule has 69 valence electrons. The number of aliphatic hydroxyl groups excluding tert-OH is 1. The Balaban J connectivity index is -0.0000000483. The van der Waals surface area contributed by atoms with Crippen LogP contribution < -0.4 is 5.73 Å². The van der Waals surface area contributed by atoms with Crippen LogP contribution in [-0.2, 0) is 31.0 Å². The Kier molecular flexibility index (Phi) is 34.6. The van der Waals surface area contributed by atoms with Crippen molar-refractivity contribution in [2.24, 2.45) is 5.73 Å². The minimum absolute atomic E-state index is 0. The predicted molar refractivity (Wildman–Crippen MR) is 41.1 cm³/mol. The summed E-state index contributed by atoms with van der Waals surface area (Å²) >= 11 is 4.39. The number of alkyl halides is 1. The van der Waals surface area contributed by atoms with Gasteiger partial charge in [-0.3, -0.25) is 4.79 Å². The van der Waals surface area contributed by atoms with Gasteiger partial charge in [0.05, 0.1) is 6.42 Å². The largest absolute Gasteiger partial charge is 0.481 e. The number of aliphatic carboxylic acids is 1. The van der Waals surface area contributed by atoms with Crippen LogP contribution >= 0.6 is 11.6 Å². The molecule has 3 radical (unpaired) electrons. The van der Waals surface area contributed by atoms with Crippen LogP contribution in [0, 0.1) is 0 Å². The van der Waals surface area contributed by atoms with Gasteiger partial charge in [0.2, 0.25) is 5.75 Å². The summed E-state index contributed by atoms with van der Waals surface area (Å²) in [5.74, 6) is -2.53. The van der Waals surface area contributed by atoms with Gasteiger partial charge in [-0.25, -0.2) is 0 Å². The molecule has 0 bridgehead atoms. The van der Waals surface area contributed by atoms with Crippen molar-refractivity contribution in [3.63, 3.8) is 0 Å². The van der Waals surface area contributed by atoms with E-state index in [9.17, 15) is 4.79 Å². The molecule has 8 heteroatoms. The molecule has 0 unspecified atom stereocenters. The normalized spacial score (nSPS) is 7.08. The zero-order valence-corrected chi connectivity index (χ0v) is 10.6. The van der Waals surface area contributed by atoms with Crippen molar-refractivity contribution in [3.8, 4) is 0 Å². The topological polar surface area (TPSA) is 104 Å². The summed E-state index contributed by atoms with van der Waals surface area (Å²) < 4.78 is 0. The summed E-state index contributed by atoms with van der Waals surface area (Å²) in [5.41, 5.74) is 4.85. The smallest absolute Gasteiger partial charge is 0.304 e. The summed E-state index contributed by atoms with van der Waals surface area (Å²) in [6.07, 6.45) is 0.0694. The fourth-order valence-electron chi connectivity index (χ4n) is 0.123. The number of hydrogen-bond donors (Lipinski definition) is 4. The second-order valence-corrected chi connectivity index (χ2v) is 1.63. The molecule has 0 fully saturated rings. The van der Waals surface area contributed by atoms with E-state index < -0.39 is 11.7 Å². The Morgan fingerprint density at radius 2 is 1.75 bits per heavy atom. The van der Waals surface area contributed by atoms with Gasteiger partial charge in [0.15, 0.2) is 0 Å². The Morgan fingerprint density at radius 1 is 1.50 bits per heavy atom. The van der Waals surface area contributed by atoms with Crippen LogP contribution in [0.3, 0.4) is 0 Å². The Hall–Kier alpha value is 1.06. The Morgan fingerprint density at radius 3 is 1.75 bits per heavy atom. The molecule has 5 N–H and O–H groups in total. The van der Waals surface area contributed by atoms with Crippen LogP contribution in [0.25, 0.3) is 0 Å². The molecule has 0 aliphatic rings. The molecule has 0 aliphatic carbocycles. The first-order valence-electron chi connectivity index (χ1n) is 2.42. The average Bonchev–Trinajstić information content (AvgIpc) is 1.62. The van der Waals surface area contributed by atoms with E-state index in [1.165, 1.54) is 0 Å². The number of carboxylic acids is 1. The van der Waals surface area contributed by atoms with E-state index in [1.54, 1.807) is 0 Å². The molecule has 0 aromatic rings. The van der Waals surface area contributed by atoms with E-state index in [0.717, 1.165) is 0 Å². The molecular weight excluding hydrogens is 280 g/mol. The molecular formula is C4H10AlClNO4Zr. The Labute approximate surface area is 105 Å². The van der Waals surface area contributed by atoms with Crippen molar-refractivity contribution >= 4 is 34.9 Å². The number of carboxylic acid groups (broad SMARTS) is 1. The van der Waals surface area contributed by atoms with Crippen LogP contribution in [0.5, 0.6) is 0 Å². The van der Waals surface area contributed by atoms with Crippen molar-refractivity contribution < 1.29 is 46.3 Å². The fourth-order valence-corrected chi connectivity index (χ4v) is 0.123. The molecule has 0 aromatic heterocycles. The maximum Gasteiger partial charge on any atom is 0.304 e. The van der Waals surface area contributed by atoms with Crippen molar-refractivity contribution in [1.29, 1.82) is 0 Å². The number of nitrogens with two attached hydrogens (primary N) is 1. The minimum Gasteiger partial charge on any atom is -0.481 e. The molecule has 0 saturated carbocycles. The molecule has 0 aliphatic heterocycles. The van der Waals surface area contributed by atoms with Crippen LogP contribution in [0.4, 0.5) is 0 Å². The summed E-state index contributed by atoms with van der Waals surface area (Å²) in [7, 11) is 0. The number of aliphatic hydroxyl groups is 2. The monoisotopic (exact) mass is 288 g/mol. The van der Waals surface area contributed by atoms with Gasteiger partial charge in [0.25, 0.3) is 0 Å². The number of hydrogen-bond acceptors (Lipinski definition) is 4. The number of halogens is 1. The third-order valence-corrected chi connectivity index (χ3v) is 0.358. The van der Waals surface area contributed by atoms with Gasteiger partial charge < -0.3 is 21.1 Å². The maximum absolute atomic E-state index is 9.52. The van der Waals surface area contributed by atoms with Gasteiger partial charge in [-0.2, -0.15) is 0 Å². The van der Waals surface area contributed by atoms with Gasteiger partial charge in [0, 0.05) is 50.1 Å². The fraction of sp³-hybridized carbons (Fsp3) is 0.750. The number of carbonyl (C=O) groups is 1. The van der Waals surface area contributed by atoms with E-state index in [4.69, 9.17) is 21.1 Å². The summed E-state index contributed by atoms with van der Waals surface area (Å²) in [4.78, 5) is 9.52. The first kappa shape index (κ1) is 23.1. The maximum atomic E-state index is 9.52. The predicted octanol–water partition coefficient (Wildman–Crippen LogP) is -1.47. The quantitative estimate of drug-likeness (QED) is 0.282. The van der Waals surface area contributed by atoms with Crippen molar-refractivity contribution in [3.05, 3.63) is 0 Å². The van der Waals surface area contributed by atoms with Crippen LogP contribution in [0.2, 0.25) is 0 Å². The molecule has 0 aromatic carbocycles. The SMILES string of the molecule is NCCC(=O)O.OC(O)Cl.[Al].[Zr]. The summed E-state index contributed by atoms with van der Waals surface area (Å²) in [6.45, 7) is 0.231. The molecule has 0 spiro atoms. The van der Waals surface area contributed by atoms with E-state index in [1.807, 2.05) is 0 Å². The molecule has 5 nitrogen and oxygen atoms in total. The first-order chi connectivity index (χ1) is 4.50. The van der Waals surface area contributed by atoms with Crippen LogP contribution in [-0.4, -0.2) is 50.9 Å². The zero-order valence-electron chi connectivity index (χ0n) is 6.27. The Bertz CT molecular complexity index is 94.4. The van der Waals surface area contributed by atoms with Gasteiger partial charge in [0.1, 0.15) is 0 Å². The van der Waals surface area contributed by atoms with Gasteiger partial charge in [-0.05, 0) is 0 Å². The number of rotatable bonds is 2. The second kappa shape index (κ2) is 18.0. The van der Waals surface area contributed by atoms with E-state index in [2.05, 4.69) is 11.6 Å². The molecule has 0 saturated heterocycles. The zero-order chi connectivity index (χ0) is 8.57. The van der Waals surface area contributed by atoms with Crippen molar-refractivity contribution in [2.45, 2.75) is 12.2 Å². The van der Waals surface area contributed by atoms with Crippen LogP contribution in [0.1, 0.15) is 6.42 Å². The molecule has 0 atom stereocenters. The average molecular weight is 290 g/mol. The minimum atomic E-state index is -1.69. The van der Waals surface area contributed by atoms with Crippen molar-refractivity contribution in [2.75, 3.05) is 6.54 Å². The van der Waals surface area contributed by atoms with E-state index in [0.29, 0.717) is 0 Å². The third-order valence-electron chi connectivity index (χ3n) is 0.358. The van der Waals surface area contributed by atoms with Crippen LogP contribution in [0.15, 0.2) is 0 Å². The molecule has 12 heavy (non-hydrogen) atoms. The van der Waals surface area contributed by atoms with Crippen molar-refractivity contribution in [1.82, 2.24) is 0 Å². The van der Waals surface area contributed by atoms with Gasteiger partial charge >= 0.3 is 5.97 Å². The molecule has 0 amide bonds. The van der Waals surface area contributed by atoms with E-state index >= 15 is 0 Å². The standard InChI is InChI=1S/C3H7NO2.CH3ClO2.Al.Zr/c4-2-1-3(5)6;2-1(3)4;;/h1-2,4H2,(H,5,6);1,3-4H;;.